The molecule has 1 amide bonds. The van der Waals surface area contributed by atoms with Crippen molar-refractivity contribution in [1.29, 1.82) is 0 Å². The number of aromatic amines is 1. The molecule has 4 nitrogen and oxygen atoms in total. The molecule has 1 aliphatic rings. The number of rotatable bonds is 3. The van der Waals surface area contributed by atoms with Gasteiger partial charge in [-0.1, -0.05) is 30.3 Å². The minimum atomic E-state index is -0.140. The van der Waals surface area contributed by atoms with Gasteiger partial charge in [0.1, 0.15) is 0 Å². The number of nitrogens with one attached hydrogen (secondary N) is 2. The number of benzene rings is 2. The van der Waals surface area contributed by atoms with Gasteiger partial charge in [-0.15, -0.1) is 11.3 Å². The summed E-state index contributed by atoms with van der Waals surface area (Å²) in [6, 6.07) is 14.4. The highest BCUT2D eigenvalue weighted by Gasteiger charge is 2.15. The van der Waals surface area contributed by atoms with E-state index in [1.165, 1.54) is 41.7 Å². The summed E-state index contributed by atoms with van der Waals surface area (Å²) >= 11 is 1.46. The molecule has 0 saturated heterocycles. The smallest absolute Gasteiger partial charge is 0.259 e. The number of carbonyl (C=O) groups is 1. The van der Waals surface area contributed by atoms with E-state index in [0.29, 0.717) is 10.7 Å². The number of para-hydroxylation sites is 1. The highest BCUT2D eigenvalue weighted by Crippen LogP contribution is 2.30. The number of hydrogen-bond acceptors (Lipinski definition) is 3. The Balaban J connectivity index is 1.38. The van der Waals surface area contributed by atoms with Gasteiger partial charge in [-0.3, -0.25) is 10.1 Å². The summed E-state index contributed by atoms with van der Waals surface area (Å²) in [5, 5.41) is 6.49. The van der Waals surface area contributed by atoms with E-state index in [-0.39, 0.29) is 5.91 Å². The number of aromatic nitrogens is 2. The molecule has 0 bridgehead atoms. The zero-order chi connectivity index (χ0) is 18.2. The van der Waals surface area contributed by atoms with E-state index in [0.717, 1.165) is 28.6 Å². The van der Waals surface area contributed by atoms with E-state index in [1.54, 1.807) is 6.20 Å². The molecule has 2 heterocycles. The molecule has 0 atom stereocenters. The van der Waals surface area contributed by atoms with Gasteiger partial charge in [-0.25, -0.2) is 4.98 Å². The monoisotopic (exact) mass is 373 g/mol. The largest absolute Gasteiger partial charge is 0.360 e. The lowest BCUT2D eigenvalue weighted by atomic mass is 9.90. The summed E-state index contributed by atoms with van der Waals surface area (Å²) in [5.74, 6) is -0.140. The molecule has 0 aliphatic heterocycles. The molecule has 0 radical (unpaired) electrons. The summed E-state index contributed by atoms with van der Waals surface area (Å²) < 4.78 is 0. The van der Waals surface area contributed by atoms with Gasteiger partial charge in [0, 0.05) is 28.0 Å². The number of fused-ring (bicyclic) bond motifs is 2. The number of carbonyl (C=O) groups excluding carboxylic acids is 1. The van der Waals surface area contributed by atoms with Crippen molar-refractivity contribution in [1.82, 2.24) is 9.97 Å². The molecule has 1 aliphatic carbocycles. The molecule has 2 N–H and O–H groups in total. The van der Waals surface area contributed by atoms with Gasteiger partial charge in [0.15, 0.2) is 5.13 Å². The predicted molar refractivity (Wildman–Crippen MR) is 110 cm³/mol. The maximum atomic E-state index is 12.7. The van der Waals surface area contributed by atoms with Crippen LogP contribution in [0.3, 0.4) is 0 Å². The number of anilines is 1. The number of thiazole rings is 1. The van der Waals surface area contributed by atoms with Crippen molar-refractivity contribution in [2.75, 3.05) is 5.32 Å². The Kier molecular flexibility index (Phi) is 4.02. The second-order valence-corrected chi connectivity index (χ2v) is 7.79. The van der Waals surface area contributed by atoms with Gasteiger partial charge in [0.2, 0.25) is 0 Å². The lowest BCUT2D eigenvalue weighted by molar-refractivity contribution is 0.102. The van der Waals surface area contributed by atoms with Gasteiger partial charge in [-0.2, -0.15) is 0 Å². The molecule has 5 heteroatoms. The van der Waals surface area contributed by atoms with Crippen LogP contribution in [0, 0.1) is 0 Å². The minimum Gasteiger partial charge on any atom is -0.360 e. The van der Waals surface area contributed by atoms with Crippen molar-refractivity contribution < 1.29 is 4.79 Å². The first-order valence-corrected chi connectivity index (χ1v) is 10.1. The zero-order valence-electron chi connectivity index (χ0n) is 14.8. The second-order valence-electron chi connectivity index (χ2n) is 6.93. The fraction of sp³-hybridized carbons (Fsp3) is 0.182. The molecule has 5 rings (SSSR count). The Hall–Kier alpha value is -2.92. The Bertz CT molecular complexity index is 1140. The summed E-state index contributed by atoms with van der Waals surface area (Å²) in [4.78, 5) is 20.4. The topological polar surface area (TPSA) is 57.8 Å². The highest BCUT2D eigenvalue weighted by molar-refractivity contribution is 7.14. The SMILES string of the molecule is O=C(Nc1nc(-c2ccc3c(c2)CCCC3)cs1)c1c[nH]c2ccccc12. The average Bonchev–Trinajstić information content (AvgIpc) is 3.34. The Morgan fingerprint density at radius 3 is 2.85 bits per heavy atom. The average molecular weight is 373 g/mol. The first-order valence-electron chi connectivity index (χ1n) is 9.23. The van der Waals surface area contributed by atoms with Crippen LogP contribution in [0.5, 0.6) is 0 Å². The third-order valence-corrected chi connectivity index (χ3v) is 5.96. The van der Waals surface area contributed by atoms with Crippen molar-refractivity contribution in [3.8, 4) is 11.3 Å². The number of amides is 1. The fourth-order valence-electron chi connectivity index (χ4n) is 3.78. The first kappa shape index (κ1) is 16.3. The van der Waals surface area contributed by atoms with E-state index >= 15 is 0 Å². The van der Waals surface area contributed by atoms with Crippen LogP contribution in [0.25, 0.3) is 22.2 Å². The second kappa shape index (κ2) is 6.67. The number of nitrogens with zero attached hydrogens (tertiary/aromatic N) is 1. The van der Waals surface area contributed by atoms with Gasteiger partial charge < -0.3 is 4.98 Å². The highest BCUT2D eigenvalue weighted by atomic mass is 32.1. The van der Waals surface area contributed by atoms with E-state index < -0.39 is 0 Å². The molecule has 0 spiro atoms. The maximum absolute atomic E-state index is 12.7. The molecule has 0 fully saturated rings. The summed E-state index contributed by atoms with van der Waals surface area (Å²) in [6.07, 6.45) is 6.63. The van der Waals surface area contributed by atoms with Crippen LogP contribution in [0.1, 0.15) is 34.3 Å². The third-order valence-electron chi connectivity index (χ3n) is 5.20. The molecule has 4 aromatic rings. The molecule has 0 unspecified atom stereocenters. The van der Waals surface area contributed by atoms with Crippen molar-refractivity contribution in [3.63, 3.8) is 0 Å². The Morgan fingerprint density at radius 1 is 1.07 bits per heavy atom. The summed E-state index contributed by atoms with van der Waals surface area (Å²) in [6.45, 7) is 0. The fourth-order valence-corrected chi connectivity index (χ4v) is 4.50. The zero-order valence-corrected chi connectivity index (χ0v) is 15.6. The third kappa shape index (κ3) is 3.04. The minimum absolute atomic E-state index is 0.140. The van der Waals surface area contributed by atoms with Gasteiger partial charge >= 0.3 is 0 Å². The summed E-state index contributed by atoms with van der Waals surface area (Å²) in [5.41, 5.74) is 6.54. The lowest BCUT2D eigenvalue weighted by Gasteiger charge is -2.16. The van der Waals surface area contributed by atoms with Crippen LogP contribution in [0.4, 0.5) is 5.13 Å². The maximum Gasteiger partial charge on any atom is 0.259 e. The molecule has 0 saturated carbocycles. The summed E-state index contributed by atoms with van der Waals surface area (Å²) in [7, 11) is 0. The Labute approximate surface area is 161 Å². The van der Waals surface area contributed by atoms with Crippen molar-refractivity contribution >= 4 is 33.3 Å². The van der Waals surface area contributed by atoms with Crippen LogP contribution >= 0.6 is 11.3 Å². The normalized spacial score (nSPS) is 13.5. The quantitative estimate of drug-likeness (QED) is 0.503. The standard InChI is InChI=1S/C22H19N3OS/c26-21(18-12-23-19-8-4-3-7-17(18)19)25-22-24-20(13-27-22)16-10-9-14-5-1-2-6-15(14)11-16/h3-4,7-13,23H,1-2,5-6H2,(H,24,25,26). The lowest BCUT2D eigenvalue weighted by Crippen LogP contribution is -2.11. The van der Waals surface area contributed by atoms with Crippen molar-refractivity contribution in [2.24, 2.45) is 0 Å². The molecular formula is C22H19N3OS. The molecule has 134 valence electrons. The van der Waals surface area contributed by atoms with Gasteiger partial charge in [-0.05, 0) is 48.9 Å². The molecule has 27 heavy (non-hydrogen) atoms. The molecule has 2 aromatic carbocycles. The van der Waals surface area contributed by atoms with E-state index in [9.17, 15) is 4.79 Å². The Morgan fingerprint density at radius 2 is 1.93 bits per heavy atom. The van der Waals surface area contributed by atoms with Crippen LogP contribution in [0.15, 0.2) is 54.0 Å². The van der Waals surface area contributed by atoms with Crippen LogP contribution in [-0.2, 0) is 12.8 Å². The van der Waals surface area contributed by atoms with E-state index in [2.05, 4.69) is 33.5 Å². The van der Waals surface area contributed by atoms with Crippen molar-refractivity contribution in [2.45, 2.75) is 25.7 Å². The van der Waals surface area contributed by atoms with Crippen LogP contribution in [-0.4, -0.2) is 15.9 Å². The molecular weight excluding hydrogens is 354 g/mol. The number of aryl methyl sites for hydroxylation is 2. The van der Waals surface area contributed by atoms with Gasteiger partial charge in [0.05, 0.1) is 11.3 Å². The van der Waals surface area contributed by atoms with Gasteiger partial charge in [0.25, 0.3) is 5.91 Å². The van der Waals surface area contributed by atoms with Crippen LogP contribution in [0.2, 0.25) is 0 Å². The first-order chi connectivity index (χ1) is 13.3. The van der Waals surface area contributed by atoms with E-state index in [1.807, 2.05) is 29.6 Å². The van der Waals surface area contributed by atoms with E-state index in [4.69, 9.17) is 0 Å². The van der Waals surface area contributed by atoms with Crippen LogP contribution < -0.4 is 5.32 Å². The van der Waals surface area contributed by atoms with Crippen molar-refractivity contribution in [3.05, 3.63) is 70.7 Å². The number of H-pyrrole nitrogens is 1. The number of hydrogen-bond donors (Lipinski definition) is 2. The molecule has 2 aromatic heterocycles. The predicted octanol–water partition coefficient (Wildman–Crippen LogP) is 5.42.